The molecule has 4 nitrogen and oxygen atoms in total. The molecular formula is C25H28BrN3O. The lowest BCUT2D eigenvalue weighted by Gasteiger charge is -2.23. The van der Waals surface area contributed by atoms with Crippen molar-refractivity contribution >= 4 is 38.6 Å². The Hall–Kier alpha value is -2.14. The fourth-order valence-electron chi connectivity index (χ4n) is 5.21. The van der Waals surface area contributed by atoms with Gasteiger partial charge in [-0.05, 0) is 52.5 Å². The second-order valence-electron chi connectivity index (χ2n) is 8.76. The minimum absolute atomic E-state index is 0.128. The molecule has 1 amide bonds. The van der Waals surface area contributed by atoms with Crippen LogP contribution in [-0.2, 0) is 11.3 Å². The fraction of sp³-hybridized carbons (Fsp3) is 0.440. The average Bonchev–Trinajstić information content (AvgIpc) is 3.34. The molecule has 30 heavy (non-hydrogen) atoms. The van der Waals surface area contributed by atoms with Gasteiger partial charge in [-0.1, -0.05) is 56.4 Å². The Morgan fingerprint density at radius 2 is 1.77 bits per heavy atom. The molecule has 0 spiro atoms. The van der Waals surface area contributed by atoms with Crippen LogP contribution >= 0.6 is 15.9 Å². The van der Waals surface area contributed by atoms with E-state index in [0.717, 1.165) is 34.0 Å². The van der Waals surface area contributed by atoms with E-state index in [1.165, 1.54) is 44.0 Å². The van der Waals surface area contributed by atoms with Crippen molar-refractivity contribution in [3.8, 4) is 0 Å². The third-order valence-electron chi connectivity index (χ3n) is 6.80. The Morgan fingerprint density at radius 3 is 2.60 bits per heavy atom. The van der Waals surface area contributed by atoms with Crippen LogP contribution in [0.25, 0.3) is 11.0 Å². The molecule has 5 rings (SSSR count). The van der Waals surface area contributed by atoms with Crippen LogP contribution < -0.4 is 4.90 Å². The van der Waals surface area contributed by atoms with Gasteiger partial charge >= 0.3 is 0 Å². The van der Waals surface area contributed by atoms with Gasteiger partial charge in [0.1, 0.15) is 5.82 Å². The monoisotopic (exact) mass is 465 g/mol. The summed E-state index contributed by atoms with van der Waals surface area (Å²) in [5.74, 6) is 2.21. The second kappa shape index (κ2) is 8.54. The van der Waals surface area contributed by atoms with Crippen LogP contribution in [0.4, 0.5) is 5.69 Å². The quantitative estimate of drug-likeness (QED) is 0.443. The molecule has 1 saturated heterocycles. The zero-order chi connectivity index (χ0) is 20.5. The van der Waals surface area contributed by atoms with E-state index < -0.39 is 0 Å². The van der Waals surface area contributed by atoms with Gasteiger partial charge in [0.25, 0.3) is 0 Å². The third kappa shape index (κ3) is 3.80. The zero-order valence-electron chi connectivity index (χ0n) is 17.3. The summed E-state index contributed by atoms with van der Waals surface area (Å²) in [5, 5.41) is 0. The number of aryl methyl sites for hydroxylation is 1. The highest BCUT2D eigenvalue weighted by Crippen LogP contribution is 2.36. The predicted molar refractivity (Wildman–Crippen MR) is 125 cm³/mol. The van der Waals surface area contributed by atoms with Gasteiger partial charge in [-0.15, -0.1) is 0 Å². The van der Waals surface area contributed by atoms with Gasteiger partial charge in [-0.3, -0.25) is 4.79 Å². The molecule has 5 heteroatoms. The van der Waals surface area contributed by atoms with Crippen LogP contribution in [0.1, 0.15) is 56.7 Å². The first-order valence-electron chi connectivity index (χ1n) is 11.2. The number of aromatic nitrogens is 2. The summed E-state index contributed by atoms with van der Waals surface area (Å²) >= 11 is 3.61. The molecule has 1 unspecified atom stereocenters. The van der Waals surface area contributed by atoms with Gasteiger partial charge in [0.05, 0.1) is 16.7 Å². The van der Waals surface area contributed by atoms with Gasteiger partial charge in [0, 0.05) is 29.9 Å². The van der Waals surface area contributed by atoms with Crippen LogP contribution in [0, 0.1) is 5.92 Å². The topological polar surface area (TPSA) is 38.1 Å². The highest BCUT2D eigenvalue weighted by Gasteiger charge is 2.35. The molecule has 1 saturated carbocycles. The third-order valence-corrected chi connectivity index (χ3v) is 7.47. The summed E-state index contributed by atoms with van der Waals surface area (Å²) in [4.78, 5) is 19.8. The van der Waals surface area contributed by atoms with Gasteiger partial charge in [0.15, 0.2) is 0 Å². The first kappa shape index (κ1) is 19.8. The van der Waals surface area contributed by atoms with Crippen LogP contribution in [0.15, 0.2) is 53.0 Å². The number of halogens is 1. The van der Waals surface area contributed by atoms with Crippen molar-refractivity contribution in [3.63, 3.8) is 0 Å². The van der Waals surface area contributed by atoms with Crippen LogP contribution in [-0.4, -0.2) is 22.0 Å². The number of carbonyl (C=O) groups excluding carboxylic acids is 1. The molecule has 1 aromatic heterocycles. The molecule has 0 bridgehead atoms. The minimum atomic E-state index is 0.128. The Labute approximate surface area is 186 Å². The number of rotatable bonds is 5. The molecule has 2 aromatic carbocycles. The summed E-state index contributed by atoms with van der Waals surface area (Å²) in [7, 11) is 0. The molecular weight excluding hydrogens is 438 g/mol. The molecule has 2 aliphatic rings. The lowest BCUT2D eigenvalue weighted by molar-refractivity contribution is -0.117. The SMILES string of the molecule is O=C1CC(c2nc3ccccc3n2CCC2CCCCC2)CN1c1ccccc1Br. The summed E-state index contributed by atoms with van der Waals surface area (Å²) in [6.45, 7) is 1.69. The Kier molecular flexibility index (Phi) is 5.64. The fourth-order valence-corrected chi connectivity index (χ4v) is 5.71. The van der Waals surface area contributed by atoms with E-state index in [-0.39, 0.29) is 11.8 Å². The van der Waals surface area contributed by atoms with Crippen molar-refractivity contribution in [3.05, 3.63) is 58.8 Å². The summed E-state index contributed by atoms with van der Waals surface area (Å²) in [6, 6.07) is 16.4. The zero-order valence-corrected chi connectivity index (χ0v) is 18.9. The summed E-state index contributed by atoms with van der Waals surface area (Å²) in [6.07, 6.45) is 8.60. The van der Waals surface area contributed by atoms with E-state index in [0.29, 0.717) is 13.0 Å². The van der Waals surface area contributed by atoms with E-state index in [1.807, 2.05) is 29.2 Å². The molecule has 1 aliphatic heterocycles. The van der Waals surface area contributed by atoms with Crippen molar-refractivity contribution in [2.24, 2.45) is 5.92 Å². The molecule has 2 fully saturated rings. The van der Waals surface area contributed by atoms with Crippen LogP contribution in [0.2, 0.25) is 0 Å². The summed E-state index contributed by atoms with van der Waals surface area (Å²) in [5.41, 5.74) is 3.20. The maximum atomic E-state index is 12.9. The van der Waals surface area contributed by atoms with Gasteiger partial charge < -0.3 is 9.47 Å². The van der Waals surface area contributed by atoms with Gasteiger partial charge in [-0.25, -0.2) is 4.98 Å². The van der Waals surface area contributed by atoms with Crippen molar-refractivity contribution in [1.82, 2.24) is 9.55 Å². The maximum absolute atomic E-state index is 12.9. The lowest BCUT2D eigenvalue weighted by atomic mass is 9.87. The van der Waals surface area contributed by atoms with Crippen LogP contribution in [0.3, 0.4) is 0 Å². The van der Waals surface area contributed by atoms with Crippen molar-refractivity contribution in [1.29, 1.82) is 0 Å². The highest BCUT2D eigenvalue weighted by atomic mass is 79.9. The number of anilines is 1. The largest absolute Gasteiger partial charge is 0.328 e. The van der Waals surface area contributed by atoms with E-state index in [1.54, 1.807) is 0 Å². The first-order chi connectivity index (χ1) is 14.7. The second-order valence-corrected chi connectivity index (χ2v) is 9.61. The summed E-state index contributed by atoms with van der Waals surface area (Å²) < 4.78 is 3.37. The van der Waals surface area contributed by atoms with Crippen molar-refractivity contribution in [2.75, 3.05) is 11.4 Å². The standard InChI is InChI=1S/C25H28BrN3O/c26-20-10-4-6-12-22(20)29-17-19(16-24(29)30)25-27-21-11-5-7-13-23(21)28(25)15-14-18-8-2-1-3-9-18/h4-7,10-13,18-19H,1-3,8-9,14-17H2. The Bertz CT molecular complexity index is 1050. The lowest BCUT2D eigenvalue weighted by Crippen LogP contribution is -2.25. The maximum Gasteiger partial charge on any atom is 0.227 e. The highest BCUT2D eigenvalue weighted by molar-refractivity contribution is 9.10. The number of para-hydroxylation sites is 3. The normalized spacial score (nSPS) is 20.4. The number of carbonyl (C=O) groups is 1. The molecule has 3 aromatic rings. The number of imidazole rings is 1. The van der Waals surface area contributed by atoms with E-state index in [9.17, 15) is 4.79 Å². The van der Waals surface area contributed by atoms with Gasteiger partial charge in [0.2, 0.25) is 5.91 Å². The molecule has 0 N–H and O–H groups in total. The number of hydrogen-bond donors (Lipinski definition) is 0. The number of nitrogens with zero attached hydrogens (tertiary/aromatic N) is 3. The first-order valence-corrected chi connectivity index (χ1v) is 12.0. The van der Waals surface area contributed by atoms with Crippen LogP contribution in [0.5, 0.6) is 0 Å². The number of fused-ring (bicyclic) bond motifs is 1. The molecule has 0 radical (unpaired) electrons. The number of benzene rings is 2. The van der Waals surface area contributed by atoms with Crippen molar-refractivity contribution in [2.45, 2.75) is 57.4 Å². The van der Waals surface area contributed by atoms with E-state index in [2.05, 4.69) is 44.8 Å². The molecule has 1 aliphatic carbocycles. The van der Waals surface area contributed by atoms with E-state index in [4.69, 9.17) is 4.98 Å². The Morgan fingerprint density at radius 1 is 1.00 bits per heavy atom. The minimum Gasteiger partial charge on any atom is -0.328 e. The van der Waals surface area contributed by atoms with Gasteiger partial charge in [-0.2, -0.15) is 0 Å². The number of amides is 1. The predicted octanol–water partition coefficient (Wildman–Crippen LogP) is 6.29. The molecule has 156 valence electrons. The number of hydrogen-bond acceptors (Lipinski definition) is 2. The van der Waals surface area contributed by atoms with Crippen molar-refractivity contribution < 1.29 is 4.79 Å². The Balaban J connectivity index is 1.43. The van der Waals surface area contributed by atoms with E-state index >= 15 is 0 Å². The molecule has 1 atom stereocenters. The average molecular weight is 466 g/mol. The molecule has 2 heterocycles. The smallest absolute Gasteiger partial charge is 0.227 e.